The number of hydrogen-bond acceptors (Lipinski definition) is 6. The Morgan fingerprint density at radius 1 is 1.47 bits per heavy atom. The van der Waals surface area contributed by atoms with Gasteiger partial charge in [-0.25, -0.2) is 0 Å². The number of thioether (sulfide) groups is 2. The molecule has 2 rings (SSSR count). The first-order chi connectivity index (χ1) is 9.17. The molecule has 106 valence electrons. The summed E-state index contributed by atoms with van der Waals surface area (Å²) in [5, 5.41) is 27.2. The Hall–Kier alpha value is -0.730. The van der Waals surface area contributed by atoms with Crippen molar-refractivity contribution in [2.45, 2.75) is 42.3 Å². The van der Waals surface area contributed by atoms with Crippen molar-refractivity contribution in [3.05, 3.63) is 5.82 Å². The fourth-order valence-electron chi connectivity index (χ4n) is 2.45. The zero-order valence-electron chi connectivity index (χ0n) is 10.7. The van der Waals surface area contributed by atoms with E-state index < -0.39 is 5.97 Å². The van der Waals surface area contributed by atoms with Crippen molar-refractivity contribution in [2.24, 2.45) is 0 Å². The number of aliphatic hydroxyl groups excluding tert-OH is 1. The van der Waals surface area contributed by atoms with E-state index in [0.29, 0.717) is 16.2 Å². The van der Waals surface area contributed by atoms with E-state index in [-0.39, 0.29) is 18.4 Å². The SMILES string of the molecule is CSC1CCCC1n1c(CO)nnc1SCC(=O)O. The first-order valence-corrected chi connectivity index (χ1v) is 8.36. The van der Waals surface area contributed by atoms with E-state index in [9.17, 15) is 9.90 Å². The van der Waals surface area contributed by atoms with Gasteiger partial charge in [-0.2, -0.15) is 11.8 Å². The second kappa shape index (κ2) is 6.62. The summed E-state index contributed by atoms with van der Waals surface area (Å²) < 4.78 is 1.93. The molecule has 19 heavy (non-hydrogen) atoms. The number of aromatic nitrogens is 3. The van der Waals surface area contributed by atoms with Gasteiger partial charge in [-0.1, -0.05) is 18.2 Å². The number of carboxylic acids is 1. The molecule has 2 unspecified atom stereocenters. The lowest BCUT2D eigenvalue weighted by Crippen LogP contribution is -2.19. The summed E-state index contributed by atoms with van der Waals surface area (Å²) in [6.45, 7) is -0.168. The van der Waals surface area contributed by atoms with Crippen molar-refractivity contribution in [3.63, 3.8) is 0 Å². The number of nitrogens with zero attached hydrogens (tertiary/aromatic N) is 3. The van der Waals surface area contributed by atoms with Crippen molar-refractivity contribution in [2.75, 3.05) is 12.0 Å². The van der Waals surface area contributed by atoms with Gasteiger partial charge in [0, 0.05) is 11.3 Å². The van der Waals surface area contributed by atoms with Crippen LogP contribution in [0.3, 0.4) is 0 Å². The van der Waals surface area contributed by atoms with Crippen molar-refractivity contribution in [1.82, 2.24) is 14.8 Å². The van der Waals surface area contributed by atoms with Gasteiger partial charge in [0.15, 0.2) is 11.0 Å². The number of aliphatic carboxylic acids is 1. The summed E-state index contributed by atoms with van der Waals surface area (Å²) in [6, 6.07) is 0.253. The van der Waals surface area contributed by atoms with Crippen LogP contribution in [0, 0.1) is 0 Å². The topological polar surface area (TPSA) is 88.2 Å². The Bertz CT molecular complexity index is 452. The van der Waals surface area contributed by atoms with Crippen LogP contribution in [0.4, 0.5) is 0 Å². The van der Waals surface area contributed by atoms with Gasteiger partial charge in [0.1, 0.15) is 6.61 Å². The van der Waals surface area contributed by atoms with Crippen molar-refractivity contribution >= 4 is 29.5 Å². The molecule has 1 aliphatic rings. The molecule has 2 atom stereocenters. The fraction of sp³-hybridized carbons (Fsp3) is 0.727. The highest BCUT2D eigenvalue weighted by Crippen LogP contribution is 2.39. The molecule has 0 spiro atoms. The molecule has 2 N–H and O–H groups in total. The maximum Gasteiger partial charge on any atom is 0.313 e. The van der Waals surface area contributed by atoms with Gasteiger partial charge in [-0.05, 0) is 19.1 Å². The molecule has 1 aromatic rings. The molecule has 0 aliphatic heterocycles. The molecule has 1 saturated carbocycles. The standard InChI is InChI=1S/C11H17N3O3S2/c1-18-8-4-2-3-7(8)14-9(5-15)12-13-11(14)19-6-10(16)17/h7-8,15H,2-6H2,1H3,(H,16,17). The lowest BCUT2D eigenvalue weighted by atomic mass is 10.2. The monoisotopic (exact) mass is 303 g/mol. The first-order valence-electron chi connectivity index (χ1n) is 6.09. The molecule has 1 aromatic heterocycles. The zero-order valence-corrected chi connectivity index (χ0v) is 12.3. The quantitative estimate of drug-likeness (QED) is 0.768. The molecule has 1 heterocycles. The van der Waals surface area contributed by atoms with Crippen LogP contribution in [0.1, 0.15) is 31.1 Å². The summed E-state index contributed by atoms with van der Waals surface area (Å²) in [7, 11) is 0. The number of aliphatic hydroxyl groups is 1. The predicted molar refractivity (Wildman–Crippen MR) is 74.5 cm³/mol. The molecule has 8 heteroatoms. The largest absolute Gasteiger partial charge is 0.481 e. The van der Waals surface area contributed by atoms with Gasteiger partial charge in [-0.3, -0.25) is 9.36 Å². The Labute approximate surface area is 120 Å². The third-order valence-electron chi connectivity index (χ3n) is 3.25. The number of rotatable bonds is 6. The number of carboxylic acid groups (broad SMARTS) is 1. The lowest BCUT2D eigenvalue weighted by Gasteiger charge is -2.22. The van der Waals surface area contributed by atoms with Crippen LogP contribution in [0.2, 0.25) is 0 Å². The van der Waals surface area contributed by atoms with E-state index in [1.54, 1.807) is 0 Å². The second-order valence-corrected chi connectivity index (χ2v) is 6.40. The maximum atomic E-state index is 10.7. The number of carbonyl (C=O) groups is 1. The Kier molecular flexibility index (Phi) is 5.12. The van der Waals surface area contributed by atoms with Crippen molar-refractivity contribution in [1.29, 1.82) is 0 Å². The van der Waals surface area contributed by atoms with Crippen LogP contribution in [0.15, 0.2) is 5.16 Å². The van der Waals surface area contributed by atoms with E-state index in [0.717, 1.165) is 31.0 Å². The van der Waals surface area contributed by atoms with Crippen LogP contribution in [0.25, 0.3) is 0 Å². The zero-order chi connectivity index (χ0) is 13.8. The highest BCUT2D eigenvalue weighted by Gasteiger charge is 2.31. The minimum Gasteiger partial charge on any atom is -0.481 e. The molecule has 0 aromatic carbocycles. The van der Waals surface area contributed by atoms with Crippen LogP contribution >= 0.6 is 23.5 Å². The second-order valence-electron chi connectivity index (χ2n) is 4.38. The summed E-state index contributed by atoms with van der Waals surface area (Å²) in [6.07, 6.45) is 5.38. The van der Waals surface area contributed by atoms with E-state index in [1.165, 1.54) is 0 Å². The molecule has 0 amide bonds. The fourth-order valence-corrected chi connectivity index (χ4v) is 4.16. The van der Waals surface area contributed by atoms with Crippen LogP contribution in [0.5, 0.6) is 0 Å². The van der Waals surface area contributed by atoms with Crippen molar-refractivity contribution < 1.29 is 15.0 Å². The van der Waals surface area contributed by atoms with E-state index in [2.05, 4.69) is 16.5 Å². The van der Waals surface area contributed by atoms with E-state index >= 15 is 0 Å². The van der Waals surface area contributed by atoms with E-state index in [1.807, 2.05) is 16.3 Å². The molecule has 1 aliphatic carbocycles. The smallest absolute Gasteiger partial charge is 0.313 e. The molecule has 6 nitrogen and oxygen atoms in total. The third kappa shape index (κ3) is 3.24. The first kappa shape index (κ1) is 14.7. The molecule has 0 saturated heterocycles. The third-order valence-corrected chi connectivity index (χ3v) is 5.34. The van der Waals surface area contributed by atoms with Gasteiger partial charge in [0.25, 0.3) is 0 Å². The lowest BCUT2D eigenvalue weighted by molar-refractivity contribution is -0.133. The predicted octanol–water partition coefficient (Wildman–Crippen LogP) is 1.40. The van der Waals surface area contributed by atoms with Gasteiger partial charge < -0.3 is 10.2 Å². The average molecular weight is 303 g/mol. The summed E-state index contributed by atoms with van der Waals surface area (Å²) >= 11 is 2.97. The summed E-state index contributed by atoms with van der Waals surface area (Å²) in [5.74, 6) is -0.392. The minimum absolute atomic E-state index is 0.0415. The average Bonchev–Trinajstić information content (AvgIpc) is 3.01. The molecule has 0 radical (unpaired) electrons. The molecular weight excluding hydrogens is 286 g/mol. The highest BCUT2D eigenvalue weighted by atomic mass is 32.2. The van der Waals surface area contributed by atoms with Crippen LogP contribution < -0.4 is 0 Å². The normalized spacial score (nSPS) is 22.8. The van der Waals surface area contributed by atoms with Gasteiger partial charge in [0.05, 0.1) is 5.75 Å². The number of hydrogen-bond donors (Lipinski definition) is 2. The molecule has 1 fully saturated rings. The summed E-state index contributed by atoms with van der Waals surface area (Å²) in [4.78, 5) is 10.7. The van der Waals surface area contributed by atoms with Crippen LogP contribution in [-0.4, -0.2) is 48.2 Å². The summed E-state index contributed by atoms with van der Waals surface area (Å²) in [5.41, 5.74) is 0. The minimum atomic E-state index is -0.877. The molecular formula is C11H17N3O3S2. The van der Waals surface area contributed by atoms with Gasteiger partial charge >= 0.3 is 5.97 Å². The van der Waals surface area contributed by atoms with Crippen molar-refractivity contribution in [3.8, 4) is 0 Å². The highest BCUT2D eigenvalue weighted by molar-refractivity contribution is 7.99. The Morgan fingerprint density at radius 3 is 2.89 bits per heavy atom. The molecule has 0 bridgehead atoms. The van der Waals surface area contributed by atoms with Gasteiger partial charge in [-0.15, -0.1) is 10.2 Å². The van der Waals surface area contributed by atoms with E-state index in [4.69, 9.17) is 5.11 Å². The Balaban J connectivity index is 2.25. The van der Waals surface area contributed by atoms with Gasteiger partial charge in [0.2, 0.25) is 0 Å². The maximum absolute atomic E-state index is 10.7. The Morgan fingerprint density at radius 2 is 2.26 bits per heavy atom. The van der Waals surface area contributed by atoms with Crippen LogP contribution in [-0.2, 0) is 11.4 Å².